The summed E-state index contributed by atoms with van der Waals surface area (Å²) in [6.45, 7) is 17.5. The Kier molecular flexibility index (Phi) is 8.95. The van der Waals surface area contributed by atoms with E-state index in [9.17, 15) is 14.5 Å². The first-order chi connectivity index (χ1) is 11.5. The van der Waals surface area contributed by atoms with Gasteiger partial charge in [0.25, 0.3) is 0 Å². The van der Waals surface area contributed by atoms with Crippen molar-refractivity contribution >= 4 is 13.6 Å². The monoisotopic (exact) mass is 397 g/mol. The molecule has 0 aliphatic heterocycles. The summed E-state index contributed by atoms with van der Waals surface area (Å²) in [5.74, 6) is -2.15. The highest BCUT2D eigenvalue weighted by atomic mass is 31.2. The van der Waals surface area contributed by atoms with Gasteiger partial charge in [0.1, 0.15) is 0 Å². The van der Waals surface area contributed by atoms with Crippen LogP contribution in [0.3, 0.4) is 0 Å². The van der Waals surface area contributed by atoms with Crippen molar-refractivity contribution in [1.29, 1.82) is 0 Å². The largest absolute Gasteiger partial charge is 0.479 e. The third kappa shape index (κ3) is 7.25. The van der Waals surface area contributed by atoms with Crippen LogP contribution in [0.15, 0.2) is 0 Å². The fourth-order valence-corrected chi connectivity index (χ4v) is 4.09. The molecule has 0 aromatic carbocycles. The van der Waals surface area contributed by atoms with Gasteiger partial charge in [-0.25, -0.2) is 4.79 Å². The molecule has 0 spiro atoms. The Hall–Kier alpha value is -0.500. The Bertz CT molecular complexity index is 498. The van der Waals surface area contributed by atoms with Gasteiger partial charge >= 0.3 is 13.6 Å². The van der Waals surface area contributed by atoms with Crippen LogP contribution in [0.4, 0.5) is 0 Å². The standard InChI is InChI=1S/C17H36NO7P/c1-11-22-26(21,23-12-2)14(15(3,4)5)24-18(16(6,7)8)25-17(9,10)13(19)20/h14H,11-12H2,1-10H3,(H,19,20). The molecule has 9 heteroatoms. The highest BCUT2D eigenvalue weighted by Gasteiger charge is 2.49. The predicted octanol–water partition coefficient (Wildman–Crippen LogP) is 4.45. The van der Waals surface area contributed by atoms with E-state index in [-0.39, 0.29) is 13.2 Å². The van der Waals surface area contributed by atoms with E-state index in [0.717, 1.165) is 5.23 Å². The Morgan fingerprint density at radius 3 is 1.69 bits per heavy atom. The average molecular weight is 397 g/mol. The summed E-state index contributed by atoms with van der Waals surface area (Å²) in [4.78, 5) is 23.0. The number of hydrogen-bond donors (Lipinski definition) is 1. The number of carbonyl (C=O) groups is 1. The molecule has 0 aliphatic carbocycles. The summed E-state index contributed by atoms with van der Waals surface area (Å²) >= 11 is 0. The van der Waals surface area contributed by atoms with Crippen LogP contribution < -0.4 is 0 Å². The SMILES string of the molecule is CCOP(=O)(OCC)C(ON(OC(C)(C)C(=O)O)C(C)(C)C)C(C)(C)C. The van der Waals surface area contributed by atoms with Crippen molar-refractivity contribution in [3.63, 3.8) is 0 Å². The van der Waals surface area contributed by atoms with Gasteiger partial charge in [-0.1, -0.05) is 26.0 Å². The molecule has 8 nitrogen and oxygen atoms in total. The molecule has 1 unspecified atom stereocenters. The zero-order chi connectivity index (χ0) is 21.0. The van der Waals surface area contributed by atoms with E-state index in [0.29, 0.717) is 0 Å². The van der Waals surface area contributed by atoms with Gasteiger partial charge in [0.2, 0.25) is 0 Å². The number of carboxylic acids is 1. The third-order valence-corrected chi connectivity index (χ3v) is 5.90. The van der Waals surface area contributed by atoms with Crippen LogP contribution in [0.1, 0.15) is 69.2 Å². The first-order valence-corrected chi connectivity index (χ1v) is 10.4. The van der Waals surface area contributed by atoms with Gasteiger partial charge in [0, 0.05) is 5.41 Å². The molecular formula is C17H36NO7P. The third-order valence-electron chi connectivity index (χ3n) is 3.22. The molecule has 0 amide bonds. The van der Waals surface area contributed by atoms with Crippen molar-refractivity contribution in [3.8, 4) is 0 Å². The normalized spacial score (nSPS) is 15.3. The van der Waals surface area contributed by atoms with E-state index in [1.165, 1.54) is 13.8 Å². The molecule has 0 radical (unpaired) electrons. The van der Waals surface area contributed by atoms with Crippen molar-refractivity contribution in [1.82, 2.24) is 5.23 Å². The molecule has 26 heavy (non-hydrogen) atoms. The van der Waals surface area contributed by atoms with E-state index in [1.807, 2.05) is 20.8 Å². The zero-order valence-corrected chi connectivity index (χ0v) is 18.7. The van der Waals surface area contributed by atoms with E-state index in [4.69, 9.17) is 18.7 Å². The second-order valence-electron chi connectivity index (χ2n) is 8.53. The molecule has 0 saturated heterocycles. The lowest BCUT2D eigenvalue weighted by Crippen LogP contribution is -2.52. The van der Waals surface area contributed by atoms with Gasteiger partial charge in [-0.05, 0) is 48.5 Å². The van der Waals surface area contributed by atoms with Gasteiger partial charge in [-0.15, -0.1) is 0 Å². The second kappa shape index (κ2) is 9.13. The van der Waals surface area contributed by atoms with Crippen molar-refractivity contribution in [3.05, 3.63) is 0 Å². The van der Waals surface area contributed by atoms with Crippen LogP contribution in [0, 0.1) is 5.41 Å². The van der Waals surface area contributed by atoms with Crippen LogP contribution in [-0.4, -0.2) is 46.5 Å². The summed E-state index contributed by atoms with van der Waals surface area (Å²) in [6, 6.07) is 0. The fourth-order valence-electron chi connectivity index (χ4n) is 1.88. The maximum atomic E-state index is 13.4. The Labute approximate surface area is 157 Å². The molecule has 0 saturated carbocycles. The minimum atomic E-state index is -3.65. The number of hydroxylamine groups is 2. The number of carboxylic acid groups (broad SMARTS) is 1. The van der Waals surface area contributed by atoms with E-state index in [1.54, 1.807) is 34.6 Å². The van der Waals surface area contributed by atoms with E-state index < -0.39 is 36.0 Å². The zero-order valence-electron chi connectivity index (χ0n) is 17.8. The minimum absolute atomic E-state index is 0.185. The van der Waals surface area contributed by atoms with Crippen molar-refractivity contribution < 1.29 is 33.2 Å². The summed E-state index contributed by atoms with van der Waals surface area (Å²) in [5, 5.41) is 10.5. The topological polar surface area (TPSA) is 94.5 Å². The van der Waals surface area contributed by atoms with E-state index in [2.05, 4.69) is 0 Å². The molecule has 1 N–H and O–H groups in total. The minimum Gasteiger partial charge on any atom is -0.479 e. The number of aliphatic carboxylic acids is 1. The van der Waals surface area contributed by atoms with Gasteiger partial charge in [0.15, 0.2) is 11.4 Å². The molecule has 156 valence electrons. The Morgan fingerprint density at radius 2 is 1.42 bits per heavy atom. The van der Waals surface area contributed by atoms with Gasteiger partial charge in [0.05, 0.1) is 18.8 Å². The Morgan fingerprint density at radius 1 is 1.00 bits per heavy atom. The lowest BCUT2D eigenvalue weighted by atomic mass is 9.98. The second-order valence-corrected chi connectivity index (χ2v) is 10.6. The fraction of sp³-hybridized carbons (Fsp3) is 0.941. The van der Waals surface area contributed by atoms with E-state index >= 15 is 0 Å². The van der Waals surface area contributed by atoms with Gasteiger partial charge in [-0.3, -0.25) is 14.2 Å². The smallest absolute Gasteiger partial charge is 0.361 e. The molecule has 0 fully saturated rings. The van der Waals surface area contributed by atoms with Crippen LogP contribution in [-0.2, 0) is 28.1 Å². The maximum absolute atomic E-state index is 13.4. The Balaban J connectivity index is 5.95. The summed E-state index contributed by atoms with van der Waals surface area (Å²) in [7, 11) is -3.65. The molecule has 0 heterocycles. The molecule has 0 rings (SSSR count). The van der Waals surface area contributed by atoms with Crippen LogP contribution in [0.25, 0.3) is 0 Å². The molecule has 1 atom stereocenters. The molecular weight excluding hydrogens is 361 g/mol. The van der Waals surface area contributed by atoms with Gasteiger partial charge < -0.3 is 14.2 Å². The highest BCUT2D eigenvalue weighted by Crippen LogP contribution is 2.59. The molecule has 0 aromatic heterocycles. The lowest BCUT2D eigenvalue weighted by molar-refractivity contribution is -0.443. The number of rotatable bonds is 10. The summed E-state index contributed by atoms with van der Waals surface area (Å²) < 4.78 is 24.3. The quantitative estimate of drug-likeness (QED) is 0.427. The van der Waals surface area contributed by atoms with Gasteiger partial charge in [-0.2, -0.15) is 0 Å². The van der Waals surface area contributed by atoms with Crippen molar-refractivity contribution in [2.45, 2.75) is 86.2 Å². The summed E-state index contributed by atoms with van der Waals surface area (Å²) in [6.07, 6.45) is 0. The lowest BCUT2D eigenvalue weighted by Gasteiger charge is -2.43. The maximum Gasteiger partial charge on any atom is 0.361 e. The average Bonchev–Trinajstić information content (AvgIpc) is 2.40. The first-order valence-electron chi connectivity index (χ1n) is 8.79. The molecule has 0 bridgehead atoms. The van der Waals surface area contributed by atoms with Crippen LogP contribution in [0.5, 0.6) is 0 Å². The predicted molar refractivity (Wildman–Crippen MR) is 99.6 cm³/mol. The number of hydrogen-bond acceptors (Lipinski definition) is 7. The van der Waals surface area contributed by atoms with Crippen molar-refractivity contribution in [2.75, 3.05) is 13.2 Å². The molecule has 0 aromatic rings. The van der Waals surface area contributed by atoms with Crippen LogP contribution in [0.2, 0.25) is 0 Å². The van der Waals surface area contributed by atoms with Crippen molar-refractivity contribution in [2.24, 2.45) is 5.41 Å². The summed E-state index contributed by atoms with van der Waals surface area (Å²) in [5.41, 5.74) is -2.92. The molecule has 0 aliphatic rings. The first kappa shape index (κ1) is 25.5. The highest BCUT2D eigenvalue weighted by molar-refractivity contribution is 7.54. The number of nitrogens with zero attached hydrogens (tertiary/aromatic N) is 1. The van der Waals surface area contributed by atoms with Crippen LogP contribution >= 0.6 is 7.60 Å².